The number of amides is 1. The highest BCUT2D eigenvalue weighted by molar-refractivity contribution is 9.10. The lowest BCUT2D eigenvalue weighted by molar-refractivity contribution is 0.0945. The first kappa shape index (κ1) is 14.9. The van der Waals surface area contributed by atoms with E-state index in [1.807, 2.05) is 0 Å². The Labute approximate surface area is 112 Å². The van der Waals surface area contributed by atoms with Crippen molar-refractivity contribution in [1.82, 2.24) is 5.32 Å². The molecule has 0 spiro atoms. The molecular formula is C9H11BrN2O5S. The minimum absolute atomic E-state index is 0.0549. The average molecular weight is 339 g/mol. The number of anilines is 1. The van der Waals surface area contributed by atoms with Gasteiger partial charge in [0.05, 0.1) is 6.61 Å². The van der Waals surface area contributed by atoms with Crippen molar-refractivity contribution in [2.75, 3.05) is 18.9 Å². The number of hydrogen-bond donors (Lipinski definition) is 3. The monoisotopic (exact) mass is 338 g/mol. The first-order valence-corrected chi connectivity index (χ1v) is 6.90. The predicted octanol–water partition coefficient (Wildman–Crippen LogP) is 0.581. The predicted molar refractivity (Wildman–Crippen MR) is 68.4 cm³/mol. The lowest BCUT2D eigenvalue weighted by atomic mass is 10.2. The highest BCUT2D eigenvalue weighted by Gasteiger charge is 2.08. The second kappa shape index (κ2) is 6.14. The summed E-state index contributed by atoms with van der Waals surface area (Å²) in [4.78, 5) is 11.6. The molecular weight excluding hydrogens is 328 g/mol. The number of hydrogen-bond acceptors (Lipinski definition) is 5. The van der Waals surface area contributed by atoms with Gasteiger partial charge in [-0.1, -0.05) is 0 Å². The van der Waals surface area contributed by atoms with Crippen LogP contribution in [0.4, 0.5) is 5.69 Å². The zero-order valence-corrected chi connectivity index (χ0v) is 11.5. The molecule has 1 aromatic carbocycles. The van der Waals surface area contributed by atoms with E-state index in [0.29, 0.717) is 15.7 Å². The highest BCUT2D eigenvalue weighted by Crippen LogP contribution is 2.20. The van der Waals surface area contributed by atoms with Gasteiger partial charge in [-0.3, -0.25) is 9.35 Å². The smallest absolute Gasteiger partial charge is 0.397 e. The summed E-state index contributed by atoms with van der Waals surface area (Å²) >= 11 is 3.18. The zero-order chi connectivity index (χ0) is 13.8. The molecule has 7 nitrogen and oxygen atoms in total. The quantitative estimate of drug-likeness (QED) is 0.410. The Hall–Kier alpha value is -1.16. The van der Waals surface area contributed by atoms with Crippen LogP contribution in [0.15, 0.2) is 22.7 Å². The number of nitrogens with two attached hydrogens (primary N) is 1. The third kappa shape index (κ3) is 5.00. The largest absolute Gasteiger partial charge is 0.398 e. The van der Waals surface area contributed by atoms with E-state index in [0.717, 1.165) is 0 Å². The van der Waals surface area contributed by atoms with Gasteiger partial charge in [-0.15, -0.1) is 0 Å². The molecule has 4 N–H and O–H groups in total. The van der Waals surface area contributed by atoms with Crippen LogP contribution in [0.1, 0.15) is 10.4 Å². The zero-order valence-electron chi connectivity index (χ0n) is 9.09. The van der Waals surface area contributed by atoms with Crippen LogP contribution in [0.3, 0.4) is 0 Å². The molecule has 0 aromatic heterocycles. The van der Waals surface area contributed by atoms with Crippen LogP contribution < -0.4 is 11.1 Å². The number of benzene rings is 1. The SMILES string of the molecule is Nc1ccc(C(=O)NCCOS(=O)(=O)O)cc1Br. The summed E-state index contributed by atoms with van der Waals surface area (Å²) in [5.41, 5.74) is 6.43. The third-order valence-electron chi connectivity index (χ3n) is 1.88. The maximum atomic E-state index is 11.6. The Morgan fingerprint density at radius 1 is 1.50 bits per heavy atom. The van der Waals surface area contributed by atoms with E-state index in [1.165, 1.54) is 12.1 Å². The summed E-state index contributed by atoms with van der Waals surface area (Å²) in [7, 11) is -4.47. The van der Waals surface area contributed by atoms with Crippen molar-refractivity contribution in [1.29, 1.82) is 0 Å². The number of halogens is 1. The fourth-order valence-electron chi connectivity index (χ4n) is 1.08. The molecule has 1 rings (SSSR count). The Morgan fingerprint density at radius 3 is 2.72 bits per heavy atom. The fraction of sp³-hybridized carbons (Fsp3) is 0.222. The Kier molecular flexibility index (Phi) is 5.08. The van der Waals surface area contributed by atoms with Crippen LogP contribution in [-0.4, -0.2) is 32.0 Å². The normalized spacial score (nSPS) is 11.2. The van der Waals surface area contributed by atoms with Gasteiger partial charge in [-0.05, 0) is 34.1 Å². The van der Waals surface area contributed by atoms with Crippen molar-refractivity contribution < 1.29 is 21.9 Å². The number of carbonyl (C=O) groups excluding carboxylic acids is 1. The summed E-state index contributed by atoms with van der Waals surface area (Å²) in [5, 5.41) is 2.42. The van der Waals surface area contributed by atoms with E-state index in [1.54, 1.807) is 6.07 Å². The van der Waals surface area contributed by atoms with E-state index >= 15 is 0 Å². The van der Waals surface area contributed by atoms with Crippen molar-refractivity contribution in [3.05, 3.63) is 28.2 Å². The second-order valence-electron chi connectivity index (χ2n) is 3.24. The van der Waals surface area contributed by atoms with E-state index < -0.39 is 16.3 Å². The molecule has 0 radical (unpaired) electrons. The second-order valence-corrected chi connectivity index (χ2v) is 5.19. The molecule has 0 aliphatic rings. The summed E-state index contributed by atoms with van der Waals surface area (Å²) in [6.45, 7) is -0.401. The van der Waals surface area contributed by atoms with Gasteiger partial charge in [0.25, 0.3) is 5.91 Å². The van der Waals surface area contributed by atoms with Crippen molar-refractivity contribution >= 4 is 37.9 Å². The van der Waals surface area contributed by atoms with E-state index in [9.17, 15) is 13.2 Å². The maximum absolute atomic E-state index is 11.6. The Morgan fingerprint density at radius 2 is 2.17 bits per heavy atom. The summed E-state index contributed by atoms with van der Waals surface area (Å²) in [6.07, 6.45) is 0. The minimum atomic E-state index is -4.47. The lowest BCUT2D eigenvalue weighted by Gasteiger charge is -2.06. The van der Waals surface area contributed by atoms with E-state index in [2.05, 4.69) is 25.4 Å². The van der Waals surface area contributed by atoms with Crippen molar-refractivity contribution in [2.45, 2.75) is 0 Å². The highest BCUT2D eigenvalue weighted by atomic mass is 79.9. The summed E-state index contributed by atoms with van der Waals surface area (Å²) in [6, 6.07) is 4.63. The third-order valence-corrected chi connectivity index (χ3v) is 3.03. The van der Waals surface area contributed by atoms with E-state index in [4.69, 9.17) is 10.3 Å². The molecule has 1 aromatic rings. The molecule has 9 heteroatoms. The van der Waals surface area contributed by atoms with Crippen molar-refractivity contribution in [2.24, 2.45) is 0 Å². The van der Waals surface area contributed by atoms with Crippen molar-refractivity contribution in [3.63, 3.8) is 0 Å². The molecule has 0 heterocycles. The number of carbonyl (C=O) groups is 1. The van der Waals surface area contributed by atoms with Crippen LogP contribution in [-0.2, 0) is 14.6 Å². The van der Waals surface area contributed by atoms with Gasteiger partial charge in [-0.25, -0.2) is 4.18 Å². The molecule has 0 bridgehead atoms. The number of nitrogen functional groups attached to an aromatic ring is 1. The Balaban J connectivity index is 2.48. The summed E-state index contributed by atoms with van der Waals surface area (Å²) < 4.78 is 33.4. The van der Waals surface area contributed by atoms with Gasteiger partial charge in [-0.2, -0.15) is 8.42 Å². The van der Waals surface area contributed by atoms with Gasteiger partial charge in [0, 0.05) is 22.3 Å². The van der Waals surface area contributed by atoms with E-state index in [-0.39, 0.29) is 13.2 Å². The van der Waals surface area contributed by atoms with Gasteiger partial charge < -0.3 is 11.1 Å². The maximum Gasteiger partial charge on any atom is 0.397 e. The lowest BCUT2D eigenvalue weighted by Crippen LogP contribution is -2.28. The first-order valence-electron chi connectivity index (χ1n) is 4.74. The van der Waals surface area contributed by atoms with Crippen LogP contribution in [0, 0.1) is 0 Å². The van der Waals surface area contributed by atoms with Gasteiger partial charge in [0.1, 0.15) is 0 Å². The topological polar surface area (TPSA) is 119 Å². The van der Waals surface area contributed by atoms with Crippen LogP contribution >= 0.6 is 15.9 Å². The van der Waals surface area contributed by atoms with Gasteiger partial charge >= 0.3 is 10.4 Å². The molecule has 0 aliphatic carbocycles. The summed E-state index contributed by atoms with van der Waals surface area (Å²) in [5.74, 6) is -0.408. The minimum Gasteiger partial charge on any atom is -0.398 e. The van der Waals surface area contributed by atoms with Crippen LogP contribution in [0.25, 0.3) is 0 Å². The number of nitrogens with one attached hydrogen (secondary N) is 1. The molecule has 0 saturated carbocycles. The van der Waals surface area contributed by atoms with Crippen LogP contribution in [0.5, 0.6) is 0 Å². The molecule has 1 amide bonds. The molecule has 18 heavy (non-hydrogen) atoms. The standard InChI is InChI=1S/C9H11BrN2O5S/c10-7-5-6(1-2-8(7)11)9(13)12-3-4-17-18(14,15)16/h1-2,5H,3-4,11H2,(H,12,13)(H,14,15,16). The molecule has 0 saturated heterocycles. The molecule has 0 fully saturated rings. The first-order chi connectivity index (χ1) is 8.29. The fourth-order valence-corrected chi connectivity index (χ4v) is 1.75. The van der Waals surface area contributed by atoms with Gasteiger partial charge in [0.2, 0.25) is 0 Å². The van der Waals surface area contributed by atoms with Crippen molar-refractivity contribution in [3.8, 4) is 0 Å². The Bertz CT molecular complexity index is 546. The molecule has 0 atom stereocenters. The molecule has 100 valence electrons. The molecule has 0 aliphatic heterocycles. The number of rotatable bonds is 5. The van der Waals surface area contributed by atoms with Crippen LogP contribution in [0.2, 0.25) is 0 Å². The average Bonchev–Trinajstić information content (AvgIpc) is 2.26. The van der Waals surface area contributed by atoms with Gasteiger partial charge in [0.15, 0.2) is 0 Å². The molecule has 0 unspecified atom stereocenters.